The SMILES string of the molecule is CCc1c(C(=O)N2CCN(c3ccccn3)CC2)cnn1-c1ccc(F)cc1. The Morgan fingerprint density at radius 2 is 1.82 bits per heavy atom. The van der Waals surface area contributed by atoms with Gasteiger partial charge in [-0.2, -0.15) is 5.10 Å². The zero-order valence-electron chi connectivity index (χ0n) is 15.8. The highest BCUT2D eigenvalue weighted by atomic mass is 19.1. The number of piperazine rings is 1. The molecule has 28 heavy (non-hydrogen) atoms. The van der Waals surface area contributed by atoms with Crippen molar-refractivity contribution in [3.63, 3.8) is 0 Å². The number of halogens is 1. The molecular weight excluding hydrogens is 357 g/mol. The summed E-state index contributed by atoms with van der Waals surface area (Å²) in [6.45, 7) is 4.76. The van der Waals surface area contributed by atoms with Gasteiger partial charge in [0.2, 0.25) is 0 Å². The summed E-state index contributed by atoms with van der Waals surface area (Å²) in [7, 11) is 0. The number of benzene rings is 1. The molecule has 0 aliphatic carbocycles. The summed E-state index contributed by atoms with van der Waals surface area (Å²) in [5.41, 5.74) is 2.19. The Kier molecular flexibility index (Phi) is 5.06. The quantitative estimate of drug-likeness (QED) is 0.699. The van der Waals surface area contributed by atoms with Crippen LogP contribution >= 0.6 is 0 Å². The molecule has 1 fully saturated rings. The van der Waals surface area contributed by atoms with Crippen LogP contribution in [0.1, 0.15) is 23.0 Å². The molecule has 1 aliphatic heterocycles. The monoisotopic (exact) mass is 379 g/mol. The smallest absolute Gasteiger partial charge is 0.257 e. The first kappa shape index (κ1) is 18.2. The molecule has 0 bridgehead atoms. The van der Waals surface area contributed by atoms with Crippen molar-refractivity contribution in [2.75, 3.05) is 31.1 Å². The number of amides is 1. The van der Waals surface area contributed by atoms with Gasteiger partial charge in [-0.15, -0.1) is 0 Å². The average Bonchev–Trinajstić information content (AvgIpc) is 3.18. The number of carbonyl (C=O) groups is 1. The van der Waals surface area contributed by atoms with Crippen LogP contribution < -0.4 is 4.90 Å². The number of carbonyl (C=O) groups excluding carboxylic acids is 1. The Hall–Kier alpha value is -3.22. The molecule has 144 valence electrons. The van der Waals surface area contributed by atoms with Crippen LogP contribution in [0.5, 0.6) is 0 Å². The second-order valence-electron chi connectivity index (χ2n) is 6.71. The molecule has 0 atom stereocenters. The minimum atomic E-state index is -0.295. The molecule has 1 saturated heterocycles. The number of hydrogen-bond donors (Lipinski definition) is 0. The molecule has 0 saturated carbocycles. The number of aromatic nitrogens is 3. The van der Waals surface area contributed by atoms with E-state index in [-0.39, 0.29) is 11.7 Å². The highest BCUT2D eigenvalue weighted by Gasteiger charge is 2.26. The molecule has 0 radical (unpaired) electrons. The van der Waals surface area contributed by atoms with Gasteiger partial charge in [0.25, 0.3) is 5.91 Å². The Morgan fingerprint density at radius 3 is 2.46 bits per heavy atom. The minimum absolute atomic E-state index is 0.00844. The second kappa shape index (κ2) is 7.80. The van der Waals surface area contributed by atoms with Gasteiger partial charge in [0.1, 0.15) is 11.6 Å². The minimum Gasteiger partial charge on any atom is -0.353 e. The summed E-state index contributed by atoms with van der Waals surface area (Å²) < 4.78 is 14.9. The summed E-state index contributed by atoms with van der Waals surface area (Å²) in [6.07, 6.45) is 4.06. The molecule has 3 heterocycles. The first-order chi connectivity index (χ1) is 13.7. The van der Waals surface area contributed by atoms with Gasteiger partial charge in [0.05, 0.1) is 23.1 Å². The summed E-state index contributed by atoms with van der Waals surface area (Å²) in [4.78, 5) is 21.5. The van der Waals surface area contributed by atoms with E-state index in [2.05, 4.69) is 15.0 Å². The van der Waals surface area contributed by atoms with Crippen LogP contribution in [0, 0.1) is 5.82 Å². The summed E-state index contributed by atoms with van der Waals surface area (Å²) in [5, 5.41) is 4.39. The van der Waals surface area contributed by atoms with Crippen LogP contribution in [-0.2, 0) is 6.42 Å². The maximum absolute atomic E-state index is 13.2. The van der Waals surface area contributed by atoms with Crippen molar-refractivity contribution in [1.29, 1.82) is 0 Å². The van der Waals surface area contributed by atoms with Crippen molar-refractivity contribution in [3.8, 4) is 5.69 Å². The molecule has 6 nitrogen and oxygen atoms in total. The fraction of sp³-hybridized carbons (Fsp3) is 0.286. The third-order valence-electron chi connectivity index (χ3n) is 5.05. The van der Waals surface area contributed by atoms with Crippen molar-refractivity contribution in [2.45, 2.75) is 13.3 Å². The summed E-state index contributed by atoms with van der Waals surface area (Å²) in [6, 6.07) is 12.0. The van der Waals surface area contributed by atoms with Gasteiger partial charge in [0, 0.05) is 32.4 Å². The van der Waals surface area contributed by atoms with Gasteiger partial charge >= 0.3 is 0 Å². The van der Waals surface area contributed by atoms with E-state index in [4.69, 9.17) is 0 Å². The zero-order valence-corrected chi connectivity index (χ0v) is 15.8. The van der Waals surface area contributed by atoms with Gasteiger partial charge in [-0.1, -0.05) is 13.0 Å². The molecule has 4 rings (SSSR count). The molecule has 1 amide bonds. The van der Waals surface area contributed by atoms with Gasteiger partial charge in [-0.25, -0.2) is 14.1 Å². The van der Waals surface area contributed by atoms with E-state index in [9.17, 15) is 9.18 Å². The highest BCUT2D eigenvalue weighted by molar-refractivity contribution is 5.95. The van der Waals surface area contributed by atoms with Crippen molar-refractivity contribution < 1.29 is 9.18 Å². The topological polar surface area (TPSA) is 54.3 Å². The van der Waals surface area contributed by atoms with E-state index in [1.807, 2.05) is 30.0 Å². The molecule has 0 unspecified atom stereocenters. The molecule has 1 aliphatic rings. The van der Waals surface area contributed by atoms with Crippen LogP contribution in [0.15, 0.2) is 54.9 Å². The standard InChI is InChI=1S/C21H22FN5O/c1-2-19-18(15-24-27(19)17-8-6-16(22)7-9-17)21(28)26-13-11-25(12-14-26)20-5-3-4-10-23-20/h3-10,15H,2,11-14H2,1H3. The number of anilines is 1. The van der Waals surface area contributed by atoms with E-state index in [0.717, 1.165) is 30.3 Å². The Balaban J connectivity index is 1.50. The molecule has 0 N–H and O–H groups in total. The highest BCUT2D eigenvalue weighted by Crippen LogP contribution is 2.20. The lowest BCUT2D eigenvalue weighted by atomic mass is 10.1. The molecule has 1 aromatic carbocycles. The lowest BCUT2D eigenvalue weighted by Gasteiger charge is -2.35. The van der Waals surface area contributed by atoms with Crippen LogP contribution in [-0.4, -0.2) is 51.8 Å². The first-order valence-electron chi connectivity index (χ1n) is 9.45. The van der Waals surface area contributed by atoms with Gasteiger partial charge < -0.3 is 9.80 Å². The van der Waals surface area contributed by atoms with Crippen molar-refractivity contribution in [2.24, 2.45) is 0 Å². The van der Waals surface area contributed by atoms with E-state index in [0.29, 0.717) is 25.1 Å². The lowest BCUT2D eigenvalue weighted by Crippen LogP contribution is -2.49. The predicted octanol–water partition coefficient (Wildman–Crippen LogP) is 2.93. The molecular formula is C21H22FN5O. The fourth-order valence-corrected chi connectivity index (χ4v) is 3.55. The largest absolute Gasteiger partial charge is 0.353 e. The van der Waals surface area contributed by atoms with E-state index in [1.54, 1.807) is 29.2 Å². The Bertz CT molecular complexity index is 947. The second-order valence-corrected chi connectivity index (χ2v) is 6.71. The van der Waals surface area contributed by atoms with E-state index < -0.39 is 0 Å². The number of nitrogens with zero attached hydrogens (tertiary/aromatic N) is 5. The van der Waals surface area contributed by atoms with Crippen LogP contribution in [0.2, 0.25) is 0 Å². The number of pyridine rings is 1. The van der Waals surface area contributed by atoms with Gasteiger partial charge in [-0.05, 0) is 42.8 Å². The maximum atomic E-state index is 13.2. The molecule has 2 aromatic heterocycles. The number of hydrogen-bond acceptors (Lipinski definition) is 4. The van der Waals surface area contributed by atoms with Gasteiger partial charge in [0.15, 0.2) is 0 Å². The third kappa shape index (κ3) is 3.47. The molecule has 7 heteroatoms. The van der Waals surface area contributed by atoms with Crippen molar-refractivity contribution in [3.05, 3.63) is 71.9 Å². The summed E-state index contributed by atoms with van der Waals surface area (Å²) >= 11 is 0. The summed E-state index contributed by atoms with van der Waals surface area (Å²) in [5.74, 6) is 0.634. The van der Waals surface area contributed by atoms with Crippen LogP contribution in [0.4, 0.5) is 10.2 Å². The Labute approximate surface area is 163 Å². The maximum Gasteiger partial charge on any atom is 0.257 e. The van der Waals surface area contributed by atoms with Crippen molar-refractivity contribution in [1.82, 2.24) is 19.7 Å². The van der Waals surface area contributed by atoms with Crippen LogP contribution in [0.25, 0.3) is 5.69 Å². The van der Waals surface area contributed by atoms with E-state index >= 15 is 0 Å². The third-order valence-corrected chi connectivity index (χ3v) is 5.05. The van der Waals surface area contributed by atoms with Gasteiger partial charge in [-0.3, -0.25) is 4.79 Å². The lowest BCUT2D eigenvalue weighted by molar-refractivity contribution is 0.0745. The van der Waals surface area contributed by atoms with Crippen molar-refractivity contribution >= 4 is 11.7 Å². The average molecular weight is 379 g/mol. The van der Waals surface area contributed by atoms with Crippen LogP contribution in [0.3, 0.4) is 0 Å². The Morgan fingerprint density at radius 1 is 1.07 bits per heavy atom. The van der Waals surface area contributed by atoms with E-state index in [1.165, 1.54) is 12.1 Å². The first-order valence-corrected chi connectivity index (χ1v) is 9.45. The predicted molar refractivity (Wildman–Crippen MR) is 105 cm³/mol. The zero-order chi connectivity index (χ0) is 19.5. The number of rotatable bonds is 4. The normalized spacial score (nSPS) is 14.4. The fourth-order valence-electron chi connectivity index (χ4n) is 3.55. The molecule has 3 aromatic rings. The molecule has 0 spiro atoms.